The van der Waals surface area contributed by atoms with Gasteiger partial charge >= 0.3 is 18.1 Å². The first-order valence-electron chi connectivity index (χ1n) is 7.50. The summed E-state index contributed by atoms with van der Waals surface area (Å²) in [5, 5.41) is 8.47. The number of esters is 1. The second-order valence-corrected chi connectivity index (χ2v) is 5.66. The Labute approximate surface area is 141 Å². The molecule has 1 aromatic carbocycles. The molecule has 0 aliphatic carbocycles. The molecule has 1 aromatic rings. The van der Waals surface area contributed by atoms with Crippen LogP contribution in [-0.4, -0.2) is 48.1 Å². The maximum absolute atomic E-state index is 13.2. The van der Waals surface area contributed by atoms with E-state index in [1.165, 1.54) is 0 Å². The van der Waals surface area contributed by atoms with Crippen LogP contribution in [0.25, 0.3) is 0 Å². The van der Waals surface area contributed by atoms with Crippen molar-refractivity contribution in [1.29, 1.82) is 0 Å². The highest BCUT2D eigenvalue weighted by atomic mass is 19.4. The molecule has 0 bridgehead atoms. The number of hydrogen-bond donors (Lipinski definition) is 1. The third kappa shape index (κ3) is 4.93. The van der Waals surface area contributed by atoms with Crippen molar-refractivity contribution in [3.05, 3.63) is 35.9 Å². The summed E-state index contributed by atoms with van der Waals surface area (Å²) in [7, 11) is 0. The molecule has 9 heteroatoms. The van der Waals surface area contributed by atoms with E-state index in [4.69, 9.17) is 14.6 Å². The molecule has 2 unspecified atom stereocenters. The zero-order valence-corrected chi connectivity index (χ0v) is 13.1. The maximum Gasteiger partial charge on any atom is 0.430 e. The predicted molar refractivity (Wildman–Crippen MR) is 77.6 cm³/mol. The highest BCUT2D eigenvalue weighted by Gasteiger charge is 2.60. The van der Waals surface area contributed by atoms with Gasteiger partial charge in [0, 0.05) is 6.42 Å². The van der Waals surface area contributed by atoms with Crippen LogP contribution < -0.4 is 0 Å². The minimum atomic E-state index is -4.94. The van der Waals surface area contributed by atoms with Crippen LogP contribution in [0.1, 0.15) is 18.4 Å². The SMILES string of the molecule is O=C(O)C(=O)OC1(C(F)(F)F)CCC(COCc2ccccc2)OC1. The highest BCUT2D eigenvalue weighted by molar-refractivity contribution is 6.28. The summed E-state index contributed by atoms with van der Waals surface area (Å²) < 4.78 is 54.5. The van der Waals surface area contributed by atoms with Crippen LogP contribution in [-0.2, 0) is 30.4 Å². The monoisotopic (exact) mass is 362 g/mol. The number of carboxylic acids is 1. The molecular weight excluding hydrogens is 345 g/mol. The summed E-state index contributed by atoms with van der Waals surface area (Å²) in [4.78, 5) is 21.6. The Morgan fingerprint density at radius 3 is 2.48 bits per heavy atom. The smallest absolute Gasteiger partial charge is 0.430 e. The Kier molecular flexibility index (Phi) is 6.02. The molecule has 0 radical (unpaired) electrons. The lowest BCUT2D eigenvalue weighted by atomic mass is 9.92. The fourth-order valence-corrected chi connectivity index (χ4v) is 2.40. The number of alkyl halides is 3. The number of halogens is 3. The van der Waals surface area contributed by atoms with Gasteiger partial charge in [-0.3, -0.25) is 0 Å². The summed E-state index contributed by atoms with van der Waals surface area (Å²) in [5.41, 5.74) is -2.03. The van der Waals surface area contributed by atoms with Crippen molar-refractivity contribution in [2.45, 2.75) is 37.3 Å². The van der Waals surface area contributed by atoms with Crippen LogP contribution in [0.15, 0.2) is 30.3 Å². The van der Waals surface area contributed by atoms with Crippen molar-refractivity contribution in [3.63, 3.8) is 0 Å². The first kappa shape index (κ1) is 19.2. The molecule has 0 amide bonds. The Hall–Kier alpha value is -2.13. The molecule has 1 heterocycles. The normalized spacial score (nSPS) is 23.9. The molecule has 1 saturated heterocycles. The van der Waals surface area contributed by atoms with Gasteiger partial charge in [-0.2, -0.15) is 13.2 Å². The molecule has 138 valence electrons. The number of hydrogen-bond acceptors (Lipinski definition) is 5. The van der Waals surface area contributed by atoms with Crippen molar-refractivity contribution < 1.29 is 42.1 Å². The van der Waals surface area contributed by atoms with Gasteiger partial charge in [0.2, 0.25) is 5.60 Å². The number of carbonyl (C=O) groups is 2. The second-order valence-electron chi connectivity index (χ2n) is 5.66. The van der Waals surface area contributed by atoms with Crippen LogP contribution in [0.4, 0.5) is 13.2 Å². The molecule has 0 aromatic heterocycles. The van der Waals surface area contributed by atoms with Crippen LogP contribution in [0.5, 0.6) is 0 Å². The third-order valence-electron chi connectivity index (χ3n) is 3.82. The van der Waals surface area contributed by atoms with E-state index in [1.807, 2.05) is 30.3 Å². The van der Waals surface area contributed by atoms with E-state index < -0.39 is 42.8 Å². The zero-order valence-electron chi connectivity index (χ0n) is 13.1. The number of carboxylic acid groups (broad SMARTS) is 1. The van der Waals surface area contributed by atoms with Crippen LogP contribution in [0.3, 0.4) is 0 Å². The number of carbonyl (C=O) groups excluding carboxylic acids is 1. The summed E-state index contributed by atoms with van der Waals surface area (Å²) in [6.45, 7) is -0.594. The van der Waals surface area contributed by atoms with E-state index in [0.717, 1.165) is 5.56 Å². The number of rotatable bonds is 5. The zero-order chi connectivity index (χ0) is 18.5. The largest absolute Gasteiger partial charge is 0.473 e. The molecular formula is C16H17F3O6. The molecule has 2 atom stereocenters. The third-order valence-corrected chi connectivity index (χ3v) is 3.82. The molecule has 1 aliphatic heterocycles. The average molecular weight is 362 g/mol. The molecule has 1 N–H and O–H groups in total. The fourth-order valence-electron chi connectivity index (χ4n) is 2.40. The fraction of sp³-hybridized carbons (Fsp3) is 0.500. The molecule has 1 aliphatic rings. The van der Waals surface area contributed by atoms with Crippen molar-refractivity contribution in [1.82, 2.24) is 0 Å². The van der Waals surface area contributed by atoms with Crippen molar-refractivity contribution in [3.8, 4) is 0 Å². The topological polar surface area (TPSA) is 82.1 Å². The van der Waals surface area contributed by atoms with E-state index >= 15 is 0 Å². The quantitative estimate of drug-likeness (QED) is 0.639. The first-order chi connectivity index (χ1) is 11.7. The molecule has 6 nitrogen and oxygen atoms in total. The van der Waals surface area contributed by atoms with Crippen LogP contribution in [0, 0.1) is 0 Å². The summed E-state index contributed by atoms with van der Waals surface area (Å²) in [5.74, 6) is -4.04. The van der Waals surface area contributed by atoms with E-state index in [0.29, 0.717) is 6.61 Å². The number of benzene rings is 1. The predicted octanol–water partition coefficient (Wildman–Crippen LogP) is 2.31. The molecule has 1 fully saturated rings. The van der Waals surface area contributed by atoms with Crippen LogP contribution in [0.2, 0.25) is 0 Å². The van der Waals surface area contributed by atoms with Crippen molar-refractivity contribution in [2.75, 3.05) is 13.2 Å². The van der Waals surface area contributed by atoms with E-state index in [1.54, 1.807) is 0 Å². The van der Waals surface area contributed by atoms with Crippen molar-refractivity contribution >= 4 is 11.9 Å². The van der Waals surface area contributed by atoms with Gasteiger partial charge in [0.1, 0.15) is 0 Å². The Morgan fingerprint density at radius 2 is 1.96 bits per heavy atom. The lowest BCUT2D eigenvalue weighted by Crippen LogP contribution is -2.57. The first-order valence-corrected chi connectivity index (χ1v) is 7.50. The second kappa shape index (κ2) is 7.83. The summed E-state index contributed by atoms with van der Waals surface area (Å²) in [6.07, 6.45) is -6.20. The van der Waals surface area contributed by atoms with Gasteiger partial charge in [0.25, 0.3) is 0 Å². The lowest BCUT2D eigenvalue weighted by molar-refractivity contribution is -0.302. The summed E-state index contributed by atoms with van der Waals surface area (Å²) in [6, 6.07) is 9.22. The standard InChI is InChI=1S/C16H17F3O6/c17-16(18,19)15(25-14(22)13(20)21)7-6-12(24-10-15)9-23-8-11-4-2-1-3-5-11/h1-5,12H,6-10H2,(H,20,21). The Morgan fingerprint density at radius 1 is 1.28 bits per heavy atom. The van der Waals surface area contributed by atoms with Gasteiger partial charge < -0.3 is 19.3 Å². The number of aliphatic carboxylic acids is 1. The molecule has 2 rings (SSSR count). The molecule has 0 saturated carbocycles. The Bertz CT molecular complexity index is 594. The van der Waals surface area contributed by atoms with Gasteiger partial charge in [-0.05, 0) is 12.0 Å². The van der Waals surface area contributed by atoms with Gasteiger partial charge in [-0.15, -0.1) is 0 Å². The van der Waals surface area contributed by atoms with E-state index in [2.05, 4.69) is 4.74 Å². The van der Waals surface area contributed by atoms with Gasteiger partial charge in [0.05, 0.1) is 25.9 Å². The molecule has 25 heavy (non-hydrogen) atoms. The van der Waals surface area contributed by atoms with Gasteiger partial charge in [-0.1, -0.05) is 30.3 Å². The van der Waals surface area contributed by atoms with Crippen molar-refractivity contribution in [2.24, 2.45) is 0 Å². The van der Waals surface area contributed by atoms with Gasteiger partial charge in [0.15, 0.2) is 0 Å². The summed E-state index contributed by atoms with van der Waals surface area (Å²) >= 11 is 0. The number of ether oxygens (including phenoxy) is 3. The maximum atomic E-state index is 13.2. The average Bonchev–Trinajstić information content (AvgIpc) is 2.56. The van der Waals surface area contributed by atoms with Gasteiger partial charge in [-0.25, -0.2) is 9.59 Å². The molecule has 0 spiro atoms. The minimum absolute atomic E-state index is 0.0791. The minimum Gasteiger partial charge on any atom is -0.473 e. The van der Waals surface area contributed by atoms with E-state index in [-0.39, 0.29) is 13.0 Å². The Balaban J connectivity index is 1.88. The van der Waals surface area contributed by atoms with Crippen LogP contribution >= 0.6 is 0 Å². The highest BCUT2D eigenvalue weighted by Crippen LogP contribution is 2.41. The lowest BCUT2D eigenvalue weighted by Gasteiger charge is -2.39. The van der Waals surface area contributed by atoms with E-state index in [9.17, 15) is 22.8 Å².